The standard InChI is InChI=1S/C13H12N4S.CH3NO/c1-7-2-3-8(14)4-9(7)10-5-18-12-11(10)16-6-17-13(12)15;2-1-3/h2-6H,14H2,1H3,(H2,15,16,17);1H,(H2,2,3). The van der Waals surface area contributed by atoms with Crippen LogP contribution in [0.25, 0.3) is 21.3 Å². The number of aryl methyl sites for hydroxylation is 1. The van der Waals surface area contributed by atoms with E-state index in [1.807, 2.05) is 18.2 Å². The van der Waals surface area contributed by atoms with Gasteiger partial charge in [-0.3, -0.25) is 4.79 Å². The second-order valence-corrected chi connectivity index (χ2v) is 5.18. The molecular weight excluding hydrogens is 286 g/mol. The van der Waals surface area contributed by atoms with Crippen molar-refractivity contribution in [2.24, 2.45) is 5.73 Å². The number of rotatable bonds is 1. The third-order valence-electron chi connectivity index (χ3n) is 2.93. The molecule has 3 aromatic rings. The van der Waals surface area contributed by atoms with Crippen molar-refractivity contribution in [1.82, 2.24) is 9.97 Å². The van der Waals surface area contributed by atoms with Crippen LogP contribution in [0.3, 0.4) is 0 Å². The number of nitrogen functional groups attached to an aromatic ring is 2. The highest BCUT2D eigenvalue weighted by Crippen LogP contribution is 2.36. The number of aromatic nitrogens is 2. The molecule has 21 heavy (non-hydrogen) atoms. The maximum absolute atomic E-state index is 8.58. The summed E-state index contributed by atoms with van der Waals surface area (Å²) in [5, 5.41) is 2.05. The SMILES string of the molecule is Cc1ccc(N)cc1-c1csc2c(N)ncnc12.NC=O. The van der Waals surface area contributed by atoms with E-state index >= 15 is 0 Å². The molecule has 1 aromatic carbocycles. The van der Waals surface area contributed by atoms with E-state index in [2.05, 4.69) is 28.0 Å². The molecule has 0 radical (unpaired) electrons. The first-order valence-electron chi connectivity index (χ1n) is 6.08. The molecule has 108 valence electrons. The average Bonchev–Trinajstić information content (AvgIpc) is 2.88. The molecular formula is C14H15N5OS. The van der Waals surface area contributed by atoms with Crippen LogP contribution in [-0.2, 0) is 4.79 Å². The first-order valence-corrected chi connectivity index (χ1v) is 6.96. The summed E-state index contributed by atoms with van der Waals surface area (Å²) < 4.78 is 0.925. The van der Waals surface area contributed by atoms with Gasteiger partial charge in [-0.2, -0.15) is 0 Å². The lowest BCUT2D eigenvalue weighted by atomic mass is 10.0. The Morgan fingerprint density at radius 1 is 1.19 bits per heavy atom. The number of hydrogen-bond donors (Lipinski definition) is 3. The molecule has 0 aliphatic heterocycles. The molecule has 0 atom stereocenters. The van der Waals surface area contributed by atoms with Crippen molar-refractivity contribution in [1.29, 1.82) is 0 Å². The fourth-order valence-corrected chi connectivity index (χ4v) is 2.91. The summed E-state index contributed by atoms with van der Waals surface area (Å²) in [6.07, 6.45) is 1.75. The lowest BCUT2D eigenvalue weighted by Gasteiger charge is -2.05. The van der Waals surface area contributed by atoms with Crippen LogP contribution >= 0.6 is 11.3 Å². The van der Waals surface area contributed by atoms with Crippen molar-refractivity contribution in [2.75, 3.05) is 11.5 Å². The van der Waals surface area contributed by atoms with E-state index in [-0.39, 0.29) is 6.41 Å². The Hall–Kier alpha value is -2.67. The van der Waals surface area contributed by atoms with Gasteiger partial charge < -0.3 is 17.2 Å². The van der Waals surface area contributed by atoms with Gasteiger partial charge in [0.2, 0.25) is 6.41 Å². The molecule has 6 N–H and O–H groups in total. The van der Waals surface area contributed by atoms with Crippen LogP contribution in [0.5, 0.6) is 0 Å². The second kappa shape index (κ2) is 6.19. The monoisotopic (exact) mass is 301 g/mol. The summed E-state index contributed by atoms with van der Waals surface area (Å²) in [6.45, 7) is 2.06. The molecule has 0 bridgehead atoms. The number of benzene rings is 1. The number of nitrogens with two attached hydrogens (primary N) is 3. The second-order valence-electron chi connectivity index (χ2n) is 4.30. The number of fused-ring (bicyclic) bond motifs is 1. The molecule has 0 spiro atoms. The largest absolute Gasteiger partial charge is 0.399 e. The molecule has 0 unspecified atom stereocenters. The molecule has 0 saturated heterocycles. The molecule has 2 aromatic heterocycles. The van der Waals surface area contributed by atoms with E-state index in [1.165, 1.54) is 11.9 Å². The summed E-state index contributed by atoms with van der Waals surface area (Å²) >= 11 is 1.56. The van der Waals surface area contributed by atoms with Crippen molar-refractivity contribution in [3.05, 3.63) is 35.5 Å². The van der Waals surface area contributed by atoms with Crippen molar-refractivity contribution in [2.45, 2.75) is 6.92 Å². The van der Waals surface area contributed by atoms with Crippen LogP contribution in [-0.4, -0.2) is 16.4 Å². The summed E-state index contributed by atoms with van der Waals surface area (Å²) in [6, 6.07) is 5.88. The molecule has 1 amide bonds. The summed E-state index contributed by atoms with van der Waals surface area (Å²) in [5.41, 5.74) is 20.8. The minimum absolute atomic E-state index is 0.250. The number of thiophene rings is 1. The van der Waals surface area contributed by atoms with Crippen molar-refractivity contribution >= 4 is 39.5 Å². The molecule has 3 rings (SSSR count). The Kier molecular flexibility index (Phi) is 4.34. The van der Waals surface area contributed by atoms with Gasteiger partial charge in [-0.15, -0.1) is 11.3 Å². The Labute approximate surface area is 125 Å². The average molecular weight is 301 g/mol. The first kappa shape index (κ1) is 14.7. The highest BCUT2D eigenvalue weighted by atomic mass is 32.1. The number of nitrogens with zero attached hydrogens (tertiary/aromatic N) is 2. The third-order valence-corrected chi connectivity index (χ3v) is 3.92. The Morgan fingerprint density at radius 3 is 2.62 bits per heavy atom. The summed E-state index contributed by atoms with van der Waals surface area (Å²) in [5.74, 6) is 0.526. The van der Waals surface area contributed by atoms with E-state index < -0.39 is 0 Å². The summed E-state index contributed by atoms with van der Waals surface area (Å²) in [7, 11) is 0. The van der Waals surface area contributed by atoms with Crippen molar-refractivity contribution in [3.8, 4) is 11.1 Å². The Bertz CT molecular complexity index is 784. The van der Waals surface area contributed by atoms with E-state index in [0.29, 0.717) is 5.82 Å². The van der Waals surface area contributed by atoms with E-state index in [0.717, 1.165) is 27.0 Å². The van der Waals surface area contributed by atoms with Crippen molar-refractivity contribution in [3.63, 3.8) is 0 Å². The third kappa shape index (κ3) is 2.92. The predicted octanol–water partition coefficient (Wildman–Crippen LogP) is 1.93. The van der Waals surface area contributed by atoms with Gasteiger partial charge in [-0.1, -0.05) is 6.07 Å². The van der Waals surface area contributed by atoms with Crippen LogP contribution in [0.4, 0.5) is 11.5 Å². The van der Waals surface area contributed by atoms with Gasteiger partial charge in [0.25, 0.3) is 0 Å². The molecule has 2 heterocycles. The Morgan fingerprint density at radius 2 is 1.90 bits per heavy atom. The zero-order valence-electron chi connectivity index (χ0n) is 11.4. The molecule has 0 fully saturated rings. The maximum Gasteiger partial charge on any atom is 0.204 e. The lowest BCUT2D eigenvalue weighted by Crippen LogP contribution is -1.92. The van der Waals surface area contributed by atoms with Gasteiger partial charge in [-0.25, -0.2) is 9.97 Å². The fourth-order valence-electron chi connectivity index (χ4n) is 1.99. The van der Waals surface area contributed by atoms with Crippen LogP contribution in [0.2, 0.25) is 0 Å². The van der Waals surface area contributed by atoms with Crippen LogP contribution < -0.4 is 17.2 Å². The van der Waals surface area contributed by atoms with Crippen molar-refractivity contribution < 1.29 is 4.79 Å². The number of amides is 1. The maximum atomic E-state index is 8.58. The van der Waals surface area contributed by atoms with E-state index in [9.17, 15) is 0 Å². The molecule has 0 aliphatic rings. The Balaban J connectivity index is 0.000000497. The number of carbonyl (C=O) groups is 1. The zero-order valence-corrected chi connectivity index (χ0v) is 12.2. The number of anilines is 2. The van der Waals surface area contributed by atoms with Gasteiger partial charge in [0.1, 0.15) is 12.1 Å². The van der Waals surface area contributed by atoms with Gasteiger partial charge >= 0.3 is 0 Å². The van der Waals surface area contributed by atoms with Crippen LogP contribution in [0.15, 0.2) is 29.9 Å². The molecule has 7 heteroatoms. The predicted molar refractivity (Wildman–Crippen MR) is 86.7 cm³/mol. The highest BCUT2D eigenvalue weighted by Gasteiger charge is 2.12. The zero-order chi connectivity index (χ0) is 15.4. The number of hydrogen-bond acceptors (Lipinski definition) is 6. The fraction of sp³-hybridized carbons (Fsp3) is 0.0714. The van der Waals surface area contributed by atoms with Gasteiger partial charge in [0, 0.05) is 16.6 Å². The van der Waals surface area contributed by atoms with Gasteiger partial charge in [0.15, 0.2) is 0 Å². The molecule has 6 nitrogen and oxygen atoms in total. The normalized spacial score (nSPS) is 9.95. The molecule has 0 saturated carbocycles. The van der Waals surface area contributed by atoms with Gasteiger partial charge in [-0.05, 0) is 30.2 Å². The molecule has 0 aliphatic carbocycles. The quantitative estimate of drug-likeness (QED) is 0.468. The van der Waals surface area contributed by atoms with E-state index in [1.54, 1.807) is 11.3 Å². The van der Waals surface area contributed by atoms with E-state index in [4.69, 9.17) is 16.3 Å². The number of carbonyl (C=O) groups excluding carboxylic acids is 1. The minimum Gasteiger partial charge on any atom is -0.399 e. The lowest BCUT2D eigenvalue weighted by molar-refractivity contribution is -0.106. The highest BCUT2D eigenvalue weighted by molar-refractivity contribution is 7.18. The van der Waals surface area contributed by atoms with Gasteiger partial charge in [0.05, 0.1) is 10.2 Å². The topological polar surface area (TPSA) is 121 Å². The van der Waals surface area contributed by atoms with Crippen LogP contribution in [0, 0.1) is 6.92 Å². The summed E-state index contributed by atoms with van der Waals surface area (Å²) in [4.78, 5) is 16.9. The smallest absolute Gasteiger partial charge is 0.204 e. The van der Waals surface area contributed by atoms with Crippen LogP contribution in [0.1, 0.15) is 5.56 Å². The first-order chi connectivity index (χ1) is 10.1. The minimum atomic E-state index is 0.250. The number of primary amides is 1.